The van der Waals surface area contributed by atoms with Gasteiger partial charge in [0.15, 0.2) is 0 Å². The van der Waals surface area contributed by atoms with Crippen LogP contribution in [-0.2, 0) is 9.59 Å². The van der Waals surface area contributed by atoms with E-state index in [-0.39, 0.29) is 23.8 Å². The van der Waals surface area contributed by atoms with Gasteiger partial charge < -0.3 is 16.0 Å². The number of likely N-dealkylation sites (tertiary alicyclic amines) is 1. The van der Waals surface area contributed by atoms with Crippen LogP contribution >= 0.6 is 11.6 Å². The molecule has 2 unspecified atom stereocenters. The highest BCUT2D eigenvalue weighted by atomic mass is 35.5. The number of hydrogen-bond donors (Lipinski definition) is 2. The average molecular weight is 339 g/mol. The molecule has 3 N–H and O–H groups in total. The zero-order valence-corrected chi connectivity index (χ0v) is 14.1. The van der Waals surface area contributed by atoms with E-state index in [4.69, 9.17) is 17.3 Å². The monoisotopic (exact) mass is 338 g/mol. The number of carbonyl (C=O) groups excluding carboxylic acids is 2. The molecule has 1 saturated heterocycles. The standard InChI is InChI=1S/C16H23ClN4O2/c1-11(18)4-7-15(22)21-8-2-3-12(10-21)16(23)20-14-6-5-13(17)9-19-14/h5-6,9,11-12H,2-4,7-8,10,18H2,1H3,(H,19,20,23). The zero-order valence-electron chi connectivity index (χ0n) is 13.3. The molecule has 23 heavy (non-hydrogen) atoms. The summed E-state index contributed by atoms with van der Waals surface area (Å²) in [5, 5.41) is 3.30. The van der Waals surface area contributed by atoms with Crippen molar-refractivity contribution in [2.24, 2.45) is 11.7 Å². The number of halogens is 1. The van der Waals surface area contributed by atoms with Gasteiger partial charge in [0.25, 0.3) is 0 Å². The van der Waals surface area contributed by atoms with Crippen molar-refractivity contribution in [1.82, 2.24) is 9.88 Å². The van der Waals surface area contributed by atoms with Crippen LogP contribution in [0.2, 0.25) is 5.02 Å². The maximum Gasteiger partial charge on any atom is 0.230 e. The van der Waals surface area contributed by atoms with Gasteiger partial charge in [-0.3, -0.25) is 9.59 Å². The third-order valence-corrected chi connectivity index (χ3v) is 4.16. The van der Waals surface area contributed by atoms with Crippen LogP contribution in [0.5, 0.6) is 0 Å². The summed E-state index contributed by atoms with van der Waals surface area (Å²) in [6.45, 7) is 3.05. The van der Waals surface area contributed by atoms with Gasteiger partial charge >= 0.3 is 0 Å². The molecule has 0 saturated carbocycles. The first-order chi connectivity index (χ1) is 11.0. The Labute approximate surface area is 141 Å². The van der Waals surface area contributed by atoms with Crippen molar-refractivity contribution in [2.45, 2.75) is 38.6 Å². The maximum atomic E-state index is 12.3. The summed E-state index contributed by atoms with van der Waals surface area (Å²) in [7, 11) is 0. The van der Waals surface area contributed by atoms with Crippen LogP contribution in [0.3, 0.4) is 0 Å². The van der Waals surface area contributed by atoms with Gasteiger partial charge in [-0.1, -0.05) is 11.6 Å². The highest BCUT2D eigenvalue weighted by molar-refractivity contribution is 6.30. The normalized spacial score (nSPS) is 19.3. The molecule has 1 aliphatic rings. The number of pyridine rings is 1. The first-order valence-electron chi connectivity index (χ1n) is 7.91. The summed E-state index contributed by atoms with van der Waals surface area (Å²) < 4.78 is 0. The average Bonchev–Trinajstić information content (AvgIpc) is 2.54. The Morgan fingerprint density at radius 1 is 1.52 bits per heavy atom. The Balaban J connectivity index is 1.88. The summed E-state index contributed by atoms with van der Waals surface area (Å²) in [5.74, 6) is 0.231. The molecule has 0 bridgehead atoms. The van der Waals surface area contributed by atoms with Gasteiger partial charge in [0.2, 0.25) is 11.8 Å². The second-order valence-electron chi connectivity index (χ2n) is 6.05. The van der Waals surface area contributed by atoms with Crippen LogP contribution in [-0.4, -0.2) is 40.8 Å². The van der Waals surface area contributed by atoms with Crippen LogP contribution in [0.25, 0.3) is 0 Å². The number of rotatable bonds is 5. The fourth-order valence-corrected chi connectivity index (χ4v) is 2.72. The molecule has 6 nitrogen and oxygen atoms in total. The van der Waals surface area contributed by atoms with Crippen molar-refractivity contribution in [3.05, 3.63) is 23.4 Å². The lowest BCUT2D eigenvalue weighted by atomic mass is 9.96. The van der Waals surface area contributed by atoms with E-state index in [9.17, 15) is 9.59 Å². The quantitative estimate of drug-likeness (QED) is 0.859. The summed E-state index contributed by atoms with van der Waals surface area (Å²) in [6, 6.07) is 3.35. The molecule has 2 amide bonds. The summed E-state index contributed by atoms with van der Waals surface area (Å²) >= 11 is 5.77. The third-order valence-electron chi connectivity index (χ3n) is 3.94. The molecule has 0 aromatic carbocycles. The second-order valence-corrected chi connectivity index (χ2v) is 6.48. The molecule has 2 heterocycles. The number of hydrogen-bond acceptors (Lipinski definition) is 4. The van der Waals surface area contributed by atoms with Gasteiger partial charge in [-0.25, -0.2) is 4.98 Å². The molecule has 1 aliphatic heterocycles. The third kappa shape index (κ3) is 5.48. The lowest BCUT2D eigenvalue weighted by Crippen LogP contribution is -2.44. The molecule has 2 rings (SSSR count). The van der Waals surface area contributed by atoms with Crippen molar-refractivity contribution < 1.29 is 9.59 Å². The van der Waals surface area contributed by atoms with E-state index in [1.165, 1.54) is 6.20 Å². The number of nitrogens with zero attached hydrogens (tertiary/aromatic N) is 2. The van der Waals surface area contributed by atoms with Gasteiger partial charge in [0.1, 0.15) is 5.82 Å². The van der Waals surface area contributed by atoms with Gasteiger partial charge in [0, 0.05) is 31.7 Å². The van der Waals surface area contributed by atoms with E-state index in [1.54, 1.807) is 17.0 Å². The summed E-state index contributed by atoms with van der Waals surface area (Å²) in [4.78, 5) is 30.3. The molecule has 1 fully saturated rings. The Morgan fingerprint density at radius 3 is 2.96 bits per heavy atom. The molecule has 126 valence electrons. The van der Waals surface area contributed by atoms with Crippen LogP contribution in [0.15, 0.2) is 18.3 Å². The molecule has 2 atom stereocenters. The Hall–Kier alpha value is -1.66. The van der Waals surface area contributed by atoms with Crippen LogP contribution in [0, 0.1) is 5.92 Å². The van der Waals surface area contributed by atoms with Crippen molar-refractivity contribution in [3.8, 4) is 0 Å². The number of amides is 2. The molecule has 0 spiro atoms. The van der Waals surface area contributed by atoms with Crippen LogP contribution in [0.4, 0.5) is 5.82 Å². The van der Waals surface area contributed by atoms with Gasteiger partial charge in [-0.2, -0.15) is 0 Å². The lowest BCUT2D eigenvalue weighted by Gasteiger charge is -2.32. The highest BCUT2D eigenvalue weighted by Crippen LogP contribution is 2.20. The fraction of sp³-hybridized carbons (Fsp3) is 0.562. The number of aromatic nitrogens is 1. The van der Waals surface area contributed by atoms with Gasteiger partial charge in [-0.05, 0) is 38.3 Å². The smallest absolute Gasteiger partial charge is 0.230 e. The second kappa shape index (κ2) is 8.26. The minimum Gasteiger partial charge on any atom is -0.342 e. The molecular weight excluding hydrogens is 316 g/mol. The number of nitrogens with two attached hydrogens (primary N) is 1. The number of piperidine rings is 1. The Morgan fingerprint density at radius 2 is 2.30 bits per heavy atom. The Kier molecular flexibility index (Phi) is 6.36. The van der Waals surface area contributed by atoms with E-state index in [1.807, 2.05) is 6.92 Å². The summed E-state index contributed by atoms with van der Waals surface area (Å²) in [5.41, 5.74) is 5.69. The minimum absolute atomic E-state index is 0.0128. The van der Waals surface area contributed by atoms with E-state index >= 15 is 0 Å². The van der Waals surface area contributed by atoms with E-state index in [0.717, 1.165) is 12.8 Å². The first-order valence-corrected chi connectivity index (χ1v) is 8.29. The molecule has 0 radical (unpaired) electrons. The minimum atomic E-state index is -0.208. The largest absolute Gasteiger partial charge is 0.342 e. The van der Waals surface area contributed by atoms with Gasteiger partial charge in [0.05, 0.1) is 10.9 Å². The molecule has 1 aromatic rings. The van der Waals surface area contributed by atoms with Crippen molar-refractivity contribution >= 4 is 29.2 Å². The van der Waals surface area contributed by atoms with Crippen LogP contribution < -0.4 is 11.1 Å². The van der Waals surface area contributed by atoms with Crippen molar-refractivity contribution in [1.29, 1.82) is 0 Å². The van der Waals surface area contributed by atoms with Gasteiger partial charge in [-0.15, -0.1) is 0 Å². The first kappa shape index (κ1) is 17.7. The van der Waals surface area contributed by atoms with Crippen molar-refractivity contribution in [3.63, 3.8) is 0 Å². The van der Waals surface area contributed by atoms with E-state index in [2.05, 4.69) is 10.3 Å². The molecule has 7 heteroatoms. The zero-order chi connectivity index (χ0) is 16.8. The number of anilines is 1. The highest BCUT2D eigenvalue weighted by Gasteiger charge is 2.28. The SMILES string of the molecule is CC(N)CCC(=O)N1CCCC(C(=O)Nc2ccc(Cl)cn2)C1. The number of carbonyl (C=O) groups is 2. The molecule has 1 aromatic heterocycles. The maximum absolute atomic E-state index is 12.3. The fourth-order valence-electron chi connectivity index (χ4n) is 2.60. The summed E-state index contributed by atoms with van der Waals surface area (Å²) in [6.07, 6.45) is 4.19. The van der Waals surface area contributed by atoms with E-state index in [0.29, 0.717) is 36.8 Å². The van der Waals surface area contributed by atoms with E-state index < -0.39 is 0 Å². The topological polar surface area (TPSA) is 88.3 Å². The predicted molar refractivity (Wildman–Crippen MR) is 90.1 cm³/mol. The van der Waals surface area contributed by atoms with Crippen LogP contribution in [0.1, 0.15) is 32.6 Å². The lowest BCUT2D eigenvalue weighted by molar-refractivity contribution is -0.134. The molecule has 0 aliphatic carbocycles. The Bertz CT molecular complexity index is 548. The predicted octanol–water partition coefficient (Wildman–Crippen LogP) is 2.04. The van der Waals surface area contributed by atoms with Crippen molar-refractivity contribution in [2.75, 3.05) is 18.4 Å². The number of nitrogens with one attached hydrogen (secondary N) is 1. The molecular formula is C16H23ClN4O2.